The Morgan fingerprint density at radius 2 is 1.80 bits per heavy atom. The van der Waals surface area contributed by atoms with Crippen LogP contribution < -0.4 is 5.32 Å². The summed E-state index contributed by atoms with van der Waals surface area (Å²) in [6.07, 6.45) is 6.24. The van der Waals surface area contributed by atoms with Gasteiger partial charge < -0.3 is 5.32 Å². The molecule has 0 saturated carbocycles. The molecule has 2 rings (SSSR count). The van der Waals surface area contributed by atoms with Crippen molar-refractivity contribution in [1.82, 2.24) is 5.32 Å². The summed E-state index contributed by atoms with van der Waals surface area (Å²) >= 11 is 0. The number of hydrogen-bond acceptors (Lipinski definition) is 3. The first-order valence-electron chi connectivity index (χ1n) is 7.40. The highest BCUT2D eigenvalue weighted by molar-refractivity contribution is 7.90. The molecular formula is C16H25NO2S. The van der Waals surface area contributed by atoms with E-state index in [1.54, 1.807) is 0 Å². The van der Waals surface area contributed by atoms with Gasteiger partial charge in [0.1, 0.15) is 9.84 Å². The zero-order chi connectivity index (χ0) is 14.8. The van der Waals surface area contributed by atoms with Gasteiger partial charge in [0.2, 0.25) is 0 Å². The molecule has 0 spiro atoms. The van der Waals surface area contributed by atoms with Gasteiger partial charge in [-0.25, -0.2) is 8.42 Å². The molecule has 1 aliphatic rings. The Bertz CT molecular complexity index is 566. The van der Waals surface area contributed by atoms with Gasteiger partial charge in [-0.2, -0.15) is 0 Å². The molecule has 0 aliphatic heterocycles. The predicted molar refractivity (Wildman–Crippen MR) is 83.8 cm³/mol. The van der Waals surface area contributed by atoms with Gasteiger partial charge in [0.25, 0.3) is 0 Å². The van der Waals surface area contributed by atoms with Gasteiger partial charge >= 0.3 is 0 Å². The SMILES string of the molecule is CC(CS(C)(=O)=O)NC(C)c1ccc2c(c1)CCCC2. The quantitative estimate of drug-likeness (QED) is 0.908. The minimum absolute atomic E-state index is 0.0315. The summed E-state index contributed by atoms with van der Waals surface area (Å²) in [5.74, 6) is 0.183. The Kier molecular flexibility index (Phi) is 4.86. The lowest BCUT2D eigenvalue weighted by Crippen LogP contribution is -2.34. The van der Waals surface area contributed by atoms with Crippen LogP contribution in [0.15, 0.2) is 18.2 Å². The lowest BCUT2D eigenvalue weighted by Gasteiger charge is -2.22. The molecule has 4 heteroatoms. The van der Waals surface area contributed by atoms with Crippen LogP contribution in [0.4, 0.5) is 0 Å². The number of fused-ring (bicyclic) bond motifs is 1. The Morgan fingerprint density at radius 1 is 1.15 bits per heavy atom. The van der Waals surface area contributed by atoms with Crippen LogP contribution in [0.3, 0.4) is 0 Å². The summed E-state index contributed by atoms with van der Waals surface area (Å²) in [5.41, 5.74) is 4.21. The standard InChI is InChI=1S/C16H25NO2S/c1-12(11-20(3,18)19)17-13(2)15-9-8-14-6-4-5-7-16(14)10-15/h8-10,12-13,17H,4-7,11H2,1-3H3. The Hall–Kier alpha value is -0.870. The normalized spacial score (nSPS) is 18.4. The minimum Gasteiger partial charge on any atom is -0.307 e. The van der Waals surface area contributed by atoms with Crippen LogP contribution in [-0.4, -0.2) is 26.5 Å². The van der Waals surface area contributed by atoms with E-state index in [2.05, 4.69) is 30.4 Å². The maximum Gasteiger partial charge on any atom is 0.148 e. The van der Waals surface area contributed by atoms with Crippen molar-refractivity contribution in [3.63, 3.8) is 0 Å². The third-order valence-corrected chi connectivity index (χ3v) is 5.07. The number of hydrogen-bond donors (Lipinski definition) is 1. The molecular weight excluding hydrogens is 270 g/mol. The maximum absolute atomic E-state index is 11.3. The van der Waals surface area contributed by atoms with Crippen molar-refractivity contribution in [2.75, 3.05) is 12.0 Å². The first-order chi connectivity index (χ1) is 9.35. The Labute approximate surface area is 122 Å². The second-order valence-electron chi connectivity index (χ2n) is 6.12. The van der Waals surface area contributed by atoms with Crippen molar-refractivity contribution in [2.24, 2.45) is 0 Å². The molecule has 112 valence electrons. The summed E-state index contributed by atoms with van der Waals surface area (Å²) < 4.78 is 22.6. The van der Waals surface area contributed by atoms with E-state index in [0.29, 0.717) is 0 Å². The first kappa shape index (κ1) is 15.5. The largest absolute Gasteiger partial charge is 0.307 e. The fraction of sp³-hybridized carbons (Fsp3) is 0.625. The number of sulfone groups is 1. The molecule has 0 bridgehead atoms. The van der Waals surface area contributed by atoms with Crippen molar-refractivity contribution in [1.29, 1.82) is 0 Å². The predicted octanol–water partition coefficient (Wildman–Crippen LogP) is 2.65. The first-order valence-corrected chi connectivity index (χ1v) is 9.46. The number of benzene rings is 1. The molecule has 0 amide bonds. The zero-order valence-corrected chi connectivity index (χ0v) is 13.5. The molecule has 2 atom stereocenters. The van der Waals surface area contributed by atoms with Crippen molar-refractivity contribution in [3.8, 4) is 0 Å². The van der Waals surface area contributed by atoms with Crippen LogP contribution >= 0.6 is 0 Å². The van der Waals surface area contributed by atoms with E-state index in [4.69, 9.17) is 0 Å². The summed E-state index contributed by atoms with van der Waals surface area (Å²) in [4.78, 5) is 0. The van der Waals surface area contributed by atoms with Crippen LogP contribution in [0, 0.1) is 0 Å². The fourth-order valence-corrected chi connectivity index (χ4v) is 4.05. The highest BCUT2D eigenvalue weighted by Crippen LogP contribution is 2.24. The van der Waals surface area contributed by atoms with E-state index in [1.165, 1.54) is 48.6 Å². The van der Waals surface area contributed by atoms with Crippen molar-refractivity contribution in [3.05, 3.63) is 34.9 Å². The topological polar surface area (TPSA) is 46.2 Å². The fourth-order valence-electron chi connectivity index (χ4n) is 3.05. The van der Waals surface area contributed by atoms with E-state index in [9.17, 15) is 8.42 Å². The van der Waals surface area contributed by atoms with Crippen molar-refractivity contribution >= 4 is 9.84 Å². The van der Waals surface area contributed by atoms with Crippen LogP contribution in [0.25, 0.3) is 0 Å². The van der Waals surface area contributed by atoms with E-state index < -0.39 is 9.84 Å². The Balaban J connectivity index is 2.04. The zero-order valence-electron chi connectivity index (χ0n) is 12.6. The Morgan fingerprint density at radius 3 is 2.45 bits per heavy atom. The summed E-state index contributed by atoms with van der Waals surface area (Å²) in [7, 11) is -2.93. The van der Waals surface area contributed by atoms with E-state index in [1.807, 2.05) is 6.92 Å². The lowest BCUT2D eigenvalue weighted by atomic mass is 9.89. The number of aryl methyl sites for hydroxylation is 2. The smallest absolute Gasteiger partial charge is 0.148 e. The minimum atomic E-state index is -2.93. The highest BCUT2D eigenvalue weighted by Gasteiger charge is 2.16. The molecule has 3 nitrogen and oxygen atoms in total. The van der Waals surface area contributed by atoms with Gasteiger partial charge in [-0.3, -0.25) is 0 Å². The maximum atomic E-state index is 11.3. The van der Waals surface area contributed by atoms with Gasteiger partial charge in [0.05, 0.1) is 5.75 Å². The summed E-state index contributed by atoms with van der Waals surface area (Å²) in [5, 5.41) is 3.38. The van der Waals surface area contributed by atoms with E-state index in [0.717, 1.165) is 0 Å². The number of nitrogens with one attached hydrogen (secondary N) is 1. The average molecular weight is 295 g/mol. The van der Waals surface area contributed by atoms with Gasteiger partial charge in [-0.05, 0) is 56.2 Å². The van der Waals surface area contributed by atoms with Gasteiger partial charge in [-0.1, -0.05) is 18.2 Å². The van der Waals surface area contributed by atoms with Gasteiger partial charge in [0, 0.05) is 18.3 Å². The molecule has 20 heavy (non-hydrogen) atoms. The van der Waals surface area contributed by atoms with Crippen LogP contribution in [0.5, 0.6) is 0 Å². The van der Waals surface area contributed by atoms with E-state index >= 15 is 0 Å². The monoisotopic (exact) mass is 295 g/mol. The molecule has 0 saturated heterocycles. The molecule has 0 heterocycles. The van der Waals surface area contributed by atoms with Gasteiger partial charge in [-0.15, -0.1) is 0 Å². The molecule has 0 radical (unpaired) electrons. The highest BCUT2D eigenvalue weighted by atomic mass is 32.2. The van der Waals surface area contributed by atoms with E-state index in [-0.39, 0.29) is 17.8 Å². The third kappa shape index (κ3) is 4.32. The number of rotatable bonds is 5. The molecule has 1 aliphatic carbocycles. The molecule has 1 aromatic carbocycles. The van der Waals surface area contributed by atoms with Crippen LogP contribution in [0.2, 0.25) is 0 Å². The molecule has 1 aromatic rings. The summed E-state index contributed by atoms with van der Waals surface area (Å²) in [6, 6.07) is 6.85. The molecule has 0 aromatic heterocycles. The average Bonchev–Trinajstić information content (AvgIpc) is 2.35. The van der Waals surface area contributed by atoms with Crippen LogP contribution in [-0.2, 0) is 22.7 Å². The molecule has 1 N–H and O–H groups in total. The van der Waals surface area contributed by atoms with Crippen molar-refractivity contribution < 1.29 is 8.42 Å². The van der Waals surface area contributed by atoms with Crippen molar-refractivity contribution in [2.45, 2.75) is 51.6 Å². The molecule has 2 unspecified atom stereocenters. The van der Waals surface area contributed by atoms with Crippen LogP contribution in [0.1, 0.15) is 49.4 Å². The second-order valence-corrected chi connectivity index (χ2v) is 8.30. The lowest BCUT2D eigenvalue weighted by molar-refractivity contribution is 0.500. The third-order valence-electron chi connectivity index (χ3n) is 3.96. The molecule has 0 fully saturated rings. The second kappa shape index (κ2) is 6.27. The summed E-state index contributed by atoms with van der Waals surface area (Å²) in [6.45, 7) is 4.03. The van der Waals surface area contributed by atoms with Gasteiger partial charge in [0.15, 0.2) is 0 Å².